The first kappa shape index (κ1) is 22.0. The van der Waals surface area contributed by atoms with Crippen LogP contribution >= 0.6 is 23.2 Å². The molecule has 0 aliphatic heterocycles. The number of benzene rings is 2. The van der Waals surface area contributed by atoms with Crippen LogP contribution < -0.4 is 9.62 Å². The van der Waals surface area contributed by atoms with Gasteiger partial charge in [0.05, 0.1) is 29.1 Å². The summed E-state index contributed by atoms with van der Waals surface area (Å²) in [7, 11) is -3.78. The van der Waals surface area contributed by atoms with Gasteiger partial charge in [0, 0.05) is 10.7 Å². The van der Waals surface area contributed by atoms with E-state index in [-0.39, 0.29) is 17.3 Å². The number of nitrogens with zero attached hydrogens (tertiary/aromatic N) is 1. The molecule has 0 aromatic heterocycles. The van der Waals surface area contributed by atoms with E-state index in [0.29, 0.717) is 16.3 Å². The summed E-state index contributed by atoms with van der Waals surface area (Å²) >= 11 is 11.9. The van der Waals surface area contributed by atoms with Gasteiger partial charge in [-0.3, -0.25) is 9.10 Å². The number of carbonyl (C=O) groups is 2. The van der Waals surface area contributed by atoms with Crippen LogP contribution in [0.2, 0.25) is 10.0 Å². The third-order valence-electron chi connectivity index (χ3n) is 3.55. The second-order valence-corrected chi connectivity index (χ2v) is 8.46. The highest BCUT2D eigenvalue weighted by atomic mass is 35.5. The zero-order chi connectivity index (χ0) is 20.9. The van der Waals surface area contributed by atoms with E-state index in [9.17, 15) is 18.0 Å². The number of carbonyl (C=O) groups excluding carboxylic acids is 2. The van der Waals surface area contributed by atoms with Crippen LogP contribution in [-0.4, -0.2) is 39.7 Å². The highest BCUT2D eigenvalue weighted by molar-refractivity contribution is 7.92. The molecule has 10 heteroatoms. The normalized spacial score (nSPS) is 11.0. The Morgan fingerprint density at radius 2 is 1.75 bits per heavy atom. The van der Waals surface area contributed by atoms with Gasteiger partial charge < -0.3 is 10.1 Å². The van der Waals surface area contributed by atoms with Gasteiger partial charge in [0.1, 0.15) is 6.54 Å². The molecule has 2 aromatic rings. The molecule has 0 bridgehead atoms. The number of rotatable bonds is 7. The average molecular weight is 445 g/mol. The second kappa shape index (κ2) is 9.27. The monoisotopic (exact) mass is 444 g/mol. The zero-order valence-corrected chi connectivity index (χ0v) is 17.4. The van der Waals surface area contributed by atoms with Crippen LogP contribution in [0.1, 0.15) is 17.3 Å². The highest BCUT2D eigenvalue weighted by Crippen LogP contribution is 2.30. The van der Waals surface area contributed by atoms with Gasteiger partial charge in [-0.1, -0.05) is 23.2 Å². The molecule has 150 valence electrons. The van der Waals surface area contributed by atoms with Gasteiger partial charge in [0.2, 0.25) is 15.9 Å². The molecule has 7 nitrogen and oxygen atoms in total. The minimum Gasteiger partial charge on any atom is -0.462 e. The maximum absolute atomic E-state index is 12.4. The molecule has 2 rings (SSSR count). The van der Waals surface area contributed by atoms with Crippen molar-refractivity contribution < 1.29 is 22.7 Å². The molecule has 0 atom stereocenters. The van der Waals surface area contributed by atoms with Gasteiger partial charge in [-0.15, -0.1) is 0 Å². The number of esters is 1. The number of halogens is 2. The van der Waals surface area contributed by atoms with Crippen molar-refractivity contribution in [3.05, 3.63) is 58.1 Å². The van der Waals surface area contributed by atoms with Crippen molar-refractivity contribution in [1.82, 2.24) is 0 Å². The molecule has 2 aromatic carbocycles. The zero-order valence-electron chi connectivity index (χ0n) is 15.1. The van der Waals surface area contributed by atoms with E-state index in [1.807, 2.05) is 0 Å². The fourth-order valence-electron chi connectivity index (χ4n) is 2.30. The van der Waals surface area contributed by atoms with Gasteiger partial charge >= 0.3 is 5.97 Å². The quantitative estimate of drug-likeness (QED) is 0.658. The number of hydrogen-bond donors (Lipinski definition) is 1. The van der Waals surface area contributed by atoms with E-state index in [0.717, 1.165) is 10.6 Å². The van der Waals surface area contributed by atoms with Gasteiger partial charge in [-0.25, -0.2) is 13.2 Å². The van der Waals surface area contributed by atoms with Crippen LogP contribution in [0.3, 0.4) is 0 Å². The first-order chi connectivity index (χ1) is 13.1. The van der Waals surface area contributed by atoms with E-state index in [2.05, 4.69) is 5.32 Å². The molecule has 0 saturated carbocycles. The SMILES string of the molecule is CCOC(=O)c1ccc(NC(=O)CN(c2ccc(Cl)cc2Cl)S(C)(=O)=O)cc1. The number of anilines is 2. The minimum absolute atomic E-state index is 0.101. The third-order valence-corrected chi connectivity index (χ3v) is 5.21. The van der Waals surface area contributed by atoms with Crippen LogP contribution in [-0.2, 0) is 19.6 Å². The van der Waals surface area contributed by atoms with E-state index in [1.54, 1.807) is 6.92 Å². The lowest BCUT2D eigenvalue weighted by atomic mass is 10.2. The predicted molar refractivity (Wildman–Crippen MR) is 110 cm³/mol. The molecular formula is C18H18Cl2N2O5S. The highest BCUT2D eigenvalue weighted by Gasteiger charge is 2.23. The van der Waals surface area contributed by atoms with E-state index in [4.69, 9.17) is 27.9 Å². The summed E-state index contributed by atoms with van der Waals surface area (Å²) in [5.74, 6) is -1.05. The van der Waals surface area contributed by atoms with Crippen LogP contribution in [0.25, 0.3) is 0 Å². The molecule has 0 fully saturated rings. The van der Waals surface area contributed by atoms with Gasteiger partial charge in [0.25, 0.3) is 0 Å². The van der Waals surface area contributed by atoms with Crippen molar-refractivity contribution in [2.75, 3.05) is 29.0 Å². The van der Waals surface area contributed by atoms with Crippen LogP contribution in [0.5, 0.6) is 0 Å². The van der Waals surface area contributed by atoms with Crippen LogP contribution in [0, 0.1) is 0 Å². The Bertz CT molecular complexity index is 978. The van der Waals surface area contributed by atoms with Crippen molar-refractivity contribution in [2.45, 2.75) is 6.92 Å². The Labute approximate surface area is 173 Å². The summed E-state index contributed by atoms with van der Waals surface area (Å²) < 4.78 is 30.1. The largest absolute Gasteiger partial charge is 0.462 e. The Kier molecular flexibility index (Phi) is 7.29. The van der Waals surface area contributed by atoms with Crippen LogP contribution in [0.15, 0.2) is 42.5 Å². The lowest BCUT2D eigenvalue weighted by Gasteiger charge is -2.23. The van der Waals surface area contributed by atoms with Crippen molar-refractivity contribution in [3.63, 3.8) is 0 Å². The third kappa shape index (κ3) is 5.85. The Morgan fingerprint density at radius 1 is 1.11 bits per heavy atom. The fraction of sp³-hybridized carbons (Fsp3) is 0.222. The minimum atomic E-state index is -3.78. The lowest BCUT2D eigenvalue weighted by Crippen LogP contribution is -2.37. The molecule has 0 radical (unpaired) electrons. The standard InChI is InChI=1S/C18H18Cl2N2O5S/c1-3-27-18(24)12-4-7-14(8-5-12)21-17(23)11-22(28(2,25)26)16-9-6-13(19)10-15(16)20/h4-10H,3,11H2,1-2H3,(H,21,23). The molecule has 1 N–H and O–H groups in total. The average Bonchev–Trinajstić information content (AvgIpc) is 2.60. The summed E-state index contributed by atoms with van der Waals surface area (Å²) in [5.41, 5.74) is 0.876. The number of sulfonamides is 1. The van der Waals surface area contributed by atoms with Gasteiger partial charge in [-0.05, 0) is 49.4 Å². The Hall–Kier alpha value is -2.29. The molecule has 0 saturated heterocycles. The smallest absolute Gasteiger partial charge is 0.338 e. The molecule has 28 heavy (non-hydrogen) atoms. The van der Waals surface area contributed by atoms with Crippen molar-refractivity contribution >= 4 is 56.5 Å². The first-order valence-electron chi connectivity index (χ1n) is 8.11. The number of amides is 1. The summed E-state index contributed by atoms with van der Waals surface area (Å²) in [5, 5.41) is 3.02. The Balaban J connectivity index is 2.15. The molecule has 0 aliphatic rings. The van der Waals surface area contributed by atoms with Crippen LogP contribution in [0.4, 0.5) is 11.4 Å². The Morgan fingerprint density at radius 3 is 2.29 bits per heavy atom. The second-order valence-electron chi connectivity index (χ2n) is 5.71. The molecule has 0 heterocycles. The maximum Gasteiger partial charge on any atom is 0.338 e. The van der Waals surface area contributed by atoms with Gasteiger partial charge in [0.15, 0.2) is 0 Å². The number of hydrogen-bond acceptors (Lipinski definition) is 5. The van der Waals surface area contributed by atoms with Crippen molar-refractivity contribution in [3.8, 4) is 0 Å². The van der Waals surface area contributed by atoms with E-state index >= 15 is 0 Å². The molecule has 0 unspecified atom stereocenters. The summed E-state index contributed by atoms with van der Waals surface area (Å²) in [6, 6.07) is 10.3. The van der Waals surface area contributed by atoms with E-state index in [1.165, 1.54) is 42.5 Å². The molecule has 0 aliphatic carbocycles. The maximum atomic E-state index is 12.4. The number of nitrogens with one attached hydrogen (secondary N) is 1. The first-order valence-corrected chi connectivity index (χ1v) is 10.7. The number of ether oxygens (including phenoxy) is 1. The molecule has 1 amide bonds. The summed E-state index contributed by atoms with van der Waals surface area (Å²) in [6.45, 7) is 1.47. The summed E-state index contributed by atoms with van der Waals surface area (Å²) in [4.78, 5) is 24.0. The predicted octanol–water partition coefficient (Wildman–Crippen LogP) is 3.57. The molecule has 0 spiro atoms. The fourth-order valence-corrected chi connectivity index (χ4v) is 3.73. The topological polar surface area (TPSA) is 92.8 Å². The summed E-state index contributed by atoms with van der Waals surface area (Å²) in [6.07, 6.45) is 0.972. The van der Waals surface area contributed by atoms with Gasteiger partial charge in [-0.2, -0.15) is 0 Å². The van der Waals surface area contributed by atoms with E-state index < -0.39 is 28.4 Å². The van der Waals surface area contributed by atoms with Crippen molar-refractivity contribution in [2.24, 2.45) is 0 Å². The molecular weight excluding hydrogens is 427 g/mol. The van der Waals surface area contributed by atoms with Crippen molar-refractivity contribution in [1.29, 1.82) is 0 Å². The lowest BCUT2D eigenvalue weighted by molar-refractivity contribution is -0.114.